The molecular weight excluding hydrogens is 422 g/mol. The third-order valence-corrected chi connectivity index (χ3v) is 7.21. The third kappa shape index (κ3) is 2.75. The normalized spacial score (nSPS) is 27.8. The van der Waals surface area contributed by atoms with Gasteiger partial charge in [-0.05, 0) is 42.5 Å². The summed E-state index contributed by atoms with van der Waals surface area (Å²) in [6.07, 6.45) is 3.43. The number of fused-ring (bicyclic) bond motifs is 4. The van der Waals surface area contributed by atoms with E-state index in [4.69, 9.17) is 4.74 Å². The molecule has 3 aromatic rings. The number of amides is 2. The molecule has 33 heavy (non-hydrogen) atoms. The number of hydrogen-bond acceptors (Lipinski definition) is 5. The molecule has 2 fully saturated rings. The molecule has 0 radical (unpaired) electrons. The first kappa shape index (κ1) is 20.2. The van der Waals surface area contributed by atoms with Crippen LogP contribution in [0.15, 0.2) is 41.2 Å². The van der Waals surface area contributed by atoms with Gasteiger partial charge in [-0.2, -0.15) is 0 Å². The maximum absolute atomic E-state index is 13.1. The topological polar surface area (TPSA) is 97.9 Å². The van der Waals surface area contributed by atoms with Gasteiger partial charge >= 0.3 is 5.69 Å². The second-order valence-corrected chi connectivity index (χ2v) is 9.44. The quantitative estimate of drug-likeness (QED) is 0.597. The number of likely N-dealkylation sites (N-methyl/N-ethyl adjacent to an activating group) is 1. The predicted molar refractivity (Wildman–Crippen MR) is 121 cm³/mol. The Balaban J connectivity index is 1.23. The lowest BCUT2D eigenvalue weighted by atomic mass is 9.77. The van der Waals surface area contributed by atoms with Crippen molar-refractivity contribution in [2.24, 2.45) is 11.8 Å². The van der Waals surface area contributed by atoms with Crippen molar-refractivity contribution in [2.75, 3.05) is 20.1 Å². The predicted octanol–water partition coefficient (Wildman–Crippen LogP) is 0.794. The van der Waals surface area contributed by atoms with Gasteiger partial charge in [0.15, 0.2) is 5.65 Å². The van der Waals surface area contributed by atoms with Gasteiger partial charge in [-0.25, -0.2) is 13.9 Å². The van der Waals surface area contributed by atoms with E-state index in [0.29, 0.717) is 12.2 Å². The van der Waals surface area contributed by atoms with Crippen molar-refractivity contribution >= 4 is 28.4 Å². The number of benzene rings is 1. The SMILES string of the molecule is Cc1ccc2cc(C)c3nn(CCNC(=O)C4C5C=CC6(CN(C)C(=O)C46)O5)c(=O)n3c2c1. The fourth-order valence-electron chi connectivity index (χ4n) is 5.69. The summed E-state index contributed by atoms with van der Waals surface area (Å²) in [5.74, 6) is -1.34. The number of likely N-dealkylation sites (tertiary alicyclic amines) is 1. The van der Waals surface area contributed by atoms with Crippen molar-refractivity contribution in [2.45, 2.75) is 32.1 Å². The summed E-state index contributed by atoms with van der Waals surface area (Å²) in [5.41, 5.74) is 2.47. The zero-order valence-corrected chi connectivity index (χ0v) is 18.7. The van der Waals surface area contributed by atoms with Gasteiger partial charge in [0.05, 0.1) is 36.5 Å². The number of carbonyl (C=O) groups excluding carboxylic acids is 2. The maximum Gasteiger partial charge on any atom is 0.350 e. The Morgan fingerprint density at radius 2 is 2.09 bits per heavy atom. The number of aryl methyl sites for hydroxylation is 2. The Kier molecular flexibility index (Phi) is 4.14. The van der Waals surface area contributed by atoms with E-state index >= 15 is 0 Å². The van der Waals surface area contributed by atoms with Gasteiger partial charge in [0, 0.05) is 13.6 Å². The van der Waals surface area contributed by atoms with Gasteiger partial charge in [0.2, 0.25) is 11.8 Å². The number of carbonyl (C=O) groups is 2. The van der Waals surface area contributed by atoms with Crippen LogP contribution in [0.3, 0.4) is 0 Å². The highest BCUT2D eigenvalue weighted by atomic mass is 16.5. The number of aromatic nitrogens is 3. The van der Waals surface area contributed by atoms with Crippen LogP contribution in [0, 0.1) is 25.7 Å². The van der Waals surface area contributed by atoms with E-state index in [1.54, 1.807) is 16.3 Å². The van der Waals surface area contributed by atoms with Crippen molar-refractivity contribution in [1.82, 2.24) is 24.4 Å². The largest absolute Gasteiger partial charge is 0.360 e. The minimum atomic E-state index is -0.687. The Labute approximate surface area is 189 Å². The van der Waals surface area contributed by atoms with Crippen LogP contribution in [0.1, 0.15) is 11.1 Å². The minimum Gasteiger partial charge on any atom is -0.360 e. The van der Waals surface area contributed by atoms with E-state index in [0.717, 1.165) is 22.0 Å². The second-order valence-electron chi connectivity index (χ2n) is 9.44. The summed E-state index contributed by atoms with van der Waals surface area (Å²) in [6, 6.07) is 8.02. The van der Waals surface area contributed by atoms with Crippen LogP contribution in [-0.4, -0.2) is 62.7 Å². The Bertz CT molecular complexity index is 1440. The highest BCUT2D eigenvalue weighted by molar-refractivity contribution is 5.92. The summed E-state index contributed by atoms with van der Waals surface area (Å²) >= 11 is 0. The number of pyridine rings is 1. The fourth-order valence-corrected chi connectivity index (χ4v) is 5.69. The number of rotatable bonds is 4. The van der Waals surface area contributed by atoms with Crippen molar-refractivity contribution in [3.05, 3.63) is 58.0 Å². The average molecular weight is 447 g/mol. The van der Waals surface area contributed by atoms with E-state index in [1.165, 1.54) is 4.68 Å². The molecule has 2 saturated heterocycles. The molecule has 2 aromatic heterocycles. The van der Waals surface area contributed by atoms with E-state index in [-0.39, 0.29) is 36.7 Å². The molecular formula is C24H25N5O4. The number of nitrogens with zero attached hydrogens (tertiary/aromatic N) is 4. The van der Waals surface area contributed by atoms with Crippen molar-refractivity contribution < 1.29 is 14.3 Å². The maximum atomic E-state index is 13.1. The first-order valence-electron chi connectivity index (χ1n) is 11.2. The lowest BCUT2D eigenvalue weighted by Gasteiger charge is -2.23. The number of hydrogen-bond donors (Lipinski definition) is 1. The summed E-state index contributed by atoms with van der Waals surface area (Å²) in [7, 11) is 1.73. The lowest BCUT2D eigenvalue weighted by Crippen LogP contribution is -2.45. The molecule has 5 heterocycles. The minimum absolute atomic E-state index is 0.0591. The molecule has 0 aliphatic carbocycles. The van der Waals surface area contributed by atoms with Crippen LogP contribution in [0.25, 0.3) is 16.6 Å². The van der Waals surface area contributed by atoms with Gasteiger partial charge < -0.3 is 15.0 Å². The van der Waals surface area contributed by atoms with E-state index in [1.807, 2.05) is 50.3 Å². The molecule has 3 aliphatic rings. The Hall–Kier alpha value is -3.46. The van der Waals surface area contributed by atoms with Gasteiger partial charge in [0.25, 0.3) is 0 Å². The van der Waals surface area contributed by atoms with Crippen LogP contribution in [-0.2, 0) is 20.9 Å². The molecule has 9 heteroatoms. The molecule has 0 saturated carbocycles. The Morgan fingerprint density at radius 1 is 1.27 bits per heavy atom. The molecule has 170 valence electrons. The monoisotopic (exact) mass is 447 g/mol. The summed E-state index contributed by atoms with van der Waals surface area (Å²) < 4.78 is 9.06. The zero-order chi connectivity index (χ0) is 23.1. The highest BCUT2D eigenvalue weighted by Crippen LogP contribution is 2.51. The zero-order valence-electron chi connectivity index (χ0n) is 18.7. The smallest absolute Gasteiger partial charge is 0.350 e. The number of ether oxygens (including phenoxy) is 1. The molecule has 6 rings (SSSR count). The highest BCUT2D eigenvalue weighted by Gasteiger charge is 2.66. The Morgan fingerprint density at radius 3 is 2.91 bits per heavy atom. The van der Waals surface area contributed by atoms with Crippen molar-refractivity contribution in [1.29, 1.82) is 0 Å². The molecule has 9 nitrogen and oxygen atoms in total. The first-order valence-corrected chi connectivity index (χ1v) is 11.2. The molecule has 1 aromatic carbocycles. The molecule has 1 N–H and O–H groups in total. The standard InChI is InChI=1S/C24H25N5O4/c1-13-4-5-15-11-14(2)20-26-28(23(32)29(20)16(15)10-13)9-8-25-21(30)18-17-6-7-24(33-17)12-27(3)22(31)19(18)24/h4-7,10-11,17-19H,8-9,12H2,1-3H3,(H,25,30). The van der Waals surface area contributed by atoms with Gasteiger partial charge in [-0.1, -0.05) is 24.3 Å². The molecule has 1 spiro atoms. The summed E-state index contributed by atoms with van der Waals surface area (Å²) in [4.78, 5) is 40.5. The molecule has 2 amide bonds. The average Bonchev–Trinajstić information content (AvgIpc) is 3.49. The molecule has 4 atom stereocenters. The van der Waals surface area contributed by atoms with Crippen LogP contribution in [0.4, 0.5) is 0 Å². The fraction of sp³-hybridized carbons (Fsp3) is 0.417. The van der Waals surface area contributed by atoms with Crippen LogP contribution < -0.4 is 11.0 Å². The van der Waals surface area contributed by atoms with Gasteiger partial charge in [0.1, 0.15) is 5.60 Å². The van der Waals surface area contributed by atoms with Crippen LogP contribution in [0.5, 0.6) is 0 Å². The van der Waals surface area contributed by atoms with Crippen LogP contribution >= 0.6 is 0 Å². The van der Waals surface area contributed by atoms with Gasteiger partial charge in [-0.15, -0.1) is 5.10 Å². The van der Waals surface area contributed by atoms with Gasteiger partial charge in [-0.3, -0.25) is 9.59 Å². The number of nitrogens with one attached hydrogen (secondary N) is 1. The van der Waals surface area contributed by atoms with Crippen molar-refractivity contribution in [3.63, 3.8) is 0 Å². The molecule has 3 aliphatic heterocycles. The lowest BCUT2D eigenvalue weighted by molar-refractivity contribution is -0.136. The van der Waals surface area contributed by atoms with E-state index < -0.39 is 17.4 Å². The first-order chi connectivity index (χ1) is 15.8. The van der Waals surface area contributed by atoms with Crippen molar-refractivity contribution in [3.8, 4) is 0 Å². The summed E-state index contributed by atoms with van der Waals surface area (Å²) in [5, 5.41) is 8.40. The van der Waals surface area contributed by atoms with Crippen LogP contribution in [0.2, 0.25) is 0 Å². The molecule has 2 bridgehead atoms. The van der Waals surface area contributed by atoms with E-state index in [2.05, 4.69) is 10.4 Å². The van der Waals surface area contributed by atoms with E-state index in [9.17, 15) is 14.4 Å². The molecule has 4 unspecified atom stereocenters. The third-order valence-electron chi connectivity index (χ3n) is 7.21. The summed E-state index contributed by atoms with van der Waals surface area (Å²) in [6.45, 7) is 4.85. The second kappa shape index (κ2) is 6.77.